The third-order valence-electron chi connectivity index (χ3n) is 4.85. The van der Waals surface area contributed by atoms with Crippen molar-refractivity contribution in [2.75, 3.05) is 28.1 Å². The molecule has 0 N–H and O–H groups in total. The molecule has 1 atom stereocenters. The molecule has 5 nitrogen and oxygen atoms in total. The van der Waals surface area contributed by atoms with E-state index in [1.165, 1.54) is 16.7 Å². The molecule has 0 radical (unpaired) electrons. The lowest BCUT2D eigenvalue weighted by molar-refractivity contribution is 0.173. The van der Waals surface area contributed by atoms with Gasteiger partial charge < -0.3 is 18.9 Å². The molecular formula is C19H21NO4. The maximum absolute atomic E-state index is 5.52. The molecule has 1 unspecified atom stereocenters. The van der Waals surface area contributed by atoms with Gasteiger partial charge in [-0.1, -0.05) is 6.07 Å². The van der Waals surface area contributed by atoms with E-state index in [0.29, 0.717) is 12.8 Å². The minimum atomic E-state index is 0.296. The van der Waals surface area contributed by atoms with Crippen LogP contribution in [-0.4, -0.2) is 33.0 Å². The maximum atomic E-state index is 5.52. The number of ether oxygens (including phenoxy) is 4. The van der Waals surface area contributed by atoms with Crippen molar-refractivity contribution in [2.24, 2.45) is 0 Å². The van der Waals surface area contributed by atoms with Crippen molar-refractivity contribution in [3.63, 3.8) is 0 Å². The topological polar surface area (TPSA) is 40.2 Å². The third kappa shape index (κ3) is 2.45. The summed E-state index contributed by atoms with van der Waals surface area (Å²) >= 11 is 0. The predicted octanol–water partition coefficient (Wildman–Crippen LogP) is 3.16. The molecule has 2 aliphatic rings. The standard InChI is InChI=1S/C19H21NO4/c1-20-10-14-9-18(22-3)17(21-2)8-13(14)6-15(20)12-4-5-16-19(7-12)24-11-23-16/h4-5,7-9,15H,6,10-11H2,1-3H3. The summed E-state index contributed by atoms with van der Waals surface area (Å²) in [7, 11) is 5.50. The van der Waals surface area contributed by atoms with Gasteiger partial charge in [0.05, 0.1) is 14.2 Å². The predicted molar refractivity (Wildman–Crippen MR) is 90.0 cm³/mol. The van der Waals surface area contributed by atoms with Crippen LogP contribution in [-0.2, 0) is 13.0 Å². The van der Waals surface area contributed by atoms with Gasteiger partial charge in [0.25, 0.3) is 0 Å². The first kappa shape index (κ1) is 15.1. The maximum Gasteiger partial charge on any atom is 0.231 e. The number of hydrogen-bond acceptors (Lipinski definition) is 5. The van der Waals surface area contributed by atoms with Crippen molar-refractivity contribution in [2.45, 2.75) is 19.0 Å². The normalized spacial score (nSPS) is 19.0. The highest BCUT2D eigenvalue weighted by Gasteiger charge is 2.27. The zero-order valence-corrected chi connectivity index (χ0v) is 14.2. The smallest absolute Gasteiger partial charge is 0.231 e. The van der Waals surface area contributed by atoms with E-state index in [4.69, 9.17) is 18.9 Å². The molecule has 2 aliphatic heterocycles. The zero-order chi connectivity index (χ0) is 16.7. The van der Waals surface area contributed by atoms with Gasteiger partial charge in [-0.2, -0.15) is 0 Å². The molecule has 2 aromatic rings. The number of methoxy groups -OCH3 is 2. The monoisotopic (exact) mass is 327 g/mol. The van der Waals surface area contributed by atoms with Crippen molar-refractivity contribution in [3.8, 4) is 23.0 Å². The van der Waals surface area contributed by atoms with Gasteiger partial charge in [0, 0.05) is 12.6 Å². The van der Waals surface area contributed by atoms with Crippen LogP contribution >= 0.6 is 0 Å². The fraction of sp³-hybridized carbons (Fsp3) is 0.368. The highest BCUT2D eigenvalue weighted by Crippen LogP contribution is 2.41. The van der Waals surface area contributed by atoms with Gasteiger partial charge in [0.1, 0.15) is 0 Å². The van der Waals surface area contributed by atoms with E-state index in [1.54, 1.807) is 14.2 Å². The summed E-state index contributed by atoms with van der Waals surface area (Å²) in [6.45, 7) is 1.17. The first-order valence-electron chi connectivity index (χ1n) is 8.03. The molecule has 0 saturated heterocycles. The van der Waals surface area contributed by atoms with Crippen molar-refractivity contribution in [3.05, 3.63) is 47.0 Å². The molecule has 0 bridgehead atoms. The van der Waals surface area contributed by atoms with Crippen molar-refractivity contribution >= 4 is 0 Å². The van der Waals surface area contributed by atoms with E-state index in [-0.39, 0.29) is 0 Å². The van der Waals surface area contributed by atoms with Crippen molar-refractivity contribution in [1.29, 1.82) is 0 Å². The van der Waals surface area contributed by atoms with E-state index >= 15 is 0 Å². The molecular weight excluding hydrogens is 306 g/mol. The Labute approximate surface area is 141 Å². The highest BCUT2D eigenvalue weighted by atomic mass is 16.7. The number of rotatable bonds is 3. The van der Waals surface area contributed by atoms with Crippen LogP contribution in [0.1, 0.15) is 22.7 Å². The molecule has 0 fully saturated rings. The Morgan fingerprint density at radius 3 is 2.42 bits per heavy atom. The van der Waals surface area contributed by atoms with Crippen LogP contribution in [0.15, 0.2) is 30.3 Å². The molecule has 0 aromatic heterocycles. The Morgan fingerprint density at radius 1 is 0.958 bits per heavy atom. The molecule has 0 amide bonds. The Hall–Kier alpha value is -2.40. The van der Waals surface area contributed by atoms with Gasteiger partial charge >= 0.3 is 0 Å². The molecule has 0 aliphatic carbocycles. The van der Waals surface area contributed by atoms with Crippen molar-refractivity contribution < 1.29 is 18.9 Å². The van der Waals surface area contributed by atoms with E-state index in [2.05, 4.69) is 36.2 Å². The second-order valence-electron chi connectivity index (χ2n) is 6.22. The van der Waals surface area contributed by atoms with Crippen LogP contribution in [0.5, 0.6) is 23.0 Å². The average molecular weight is 327 g/mol. The minimum Gasteiger partial charge on any atom is -0.493 e. The zero-order valence-electron chi connectivity index (χ0n) is 14.2. The number of benzene rings is 2. The Bertz CT molecular complexity index is 774. The van der Waals surface area contributed by atoms with Gasteiger partial charge in [-0.05, 0) is 54.4 Å². The van der Waals surface area contributed by atoms with Crippen LogP contribution in [0, 0.1) is 0 Å². The highest BCUT2D eigenvalue weighted by molar-refractivity contribution is 5.50. The molecule has 2 heterocycles. The van der Waals surface area contributed by atoms with E-state index < -0.39 is 0 Å². The summed E-state index contributed by atoms with van der Waals surface area (Å²) in [6.07, 6.45) is 0.922. The summed E-state index contributed by atoms with van der Waals surface area (Å²) in [5.41, 5.74) is 3.82. The fourth-order valence-corrected chi connectivity index (χ4v) is 3.54. The summed E-state index contributed by atoms with van der Waals surface area (Å²) in [5, 5.41) is 0. The van der Waals surface area contributed by atoms with Crippen LogP contribution < -0.4 is 18.9 Å². The molecule has 24 heavy (non-hydrogen) atoms. The van der Waals surface area contributed by atoms with E-state index in [0.717, 1.165) is 36.0 Å². The van der Waals surface area contributed by atoms with E-state index in [9.17, 15) is 0 Å². The van der Waals surface area contributed by atoms with Gasteiger partial charge in [0.15, 0.2) is 23.0 Å². The first-order chi connectivity index (χ1) is 11.7. The molecule has 5 heteroatoms. The Kier molecular flexibility index (Phi) is 3.73. The lowest BCUT2D eigenvalue weighted by atomic mass is 9.89. The Balaban J connectivity index is 1.68. The molecule has 0 spiro atoms. The number of likely N-dealkylation sites (N-methyl/N-ethyl adjacent to an activating group) is 1. The molecule has 4 rings (SSSR count). The number of fused-ring (bicyclic) bond motifs is 2. The lowest BCUT2D eigenvalue weighted by Crippen LogP contribution is -2.30. The number of nitrogens with zero attached hydrogens (tertiary/aromatic N) is 1. The van der Waals surface area contributed by atoms with Crippen LogP contribution in [0.25, 0.3) is 0 Å². The minimum absolute atomic E-state index is 0.296. The summed E-state index contributed by atoms with van der Waals surface area (Å²) in [5.74, 6) is 3.22. The second-order valence-corrected chi connectivity index (χ2v) is 6.22. The summed E-state index contributed by atoms with van der Waals surface area (Å²) in [6, 6.07) is 10.7. The fourth-order valence-electron chi connectivity index (χ4n) is 3.54. The van der Waals surface area contributed by atoms with Gasteiger partial charge in [0.2, 0.25) is 6.79 Å². The Morgan fingerprint density at radius 2 is 1.67 bits per heavy atom. The SMILES string of the molecule is COc1cc2c(cc1OC)CN(C)C(c1ccc3c(c1)OCO3)C2. The third-order valence-corrected chi connectivity index (χ3v) is 4.85. The van der Waals surface area contributed by atoms with Crippen molar-refractivity contribution in [1.82, 2.24) is 4.90 Å². The molecule has 2 aromatic carbocycles. The van der Waals surface area contributed by atoms with Gasteiger partial charge in [-0.3, -0.25) is 4.90 Å². The van der Waals surface area contributed by atoms with Gasteiger partial charge in [-0.15, -0.1) is 0 Å². The lowest BCUT2D eigenvalue weighted by Gasteiger charge is -2.35. The first-order valence-corrected chi connectivity index (χ1v) is 8.03. The van der Waals surface area contributed by atoms with Crippen LogP contribution in [0.2, 0.25) is 0 Å². The average Bonchev–Trinajstić information content (AvgIpc) is 3.07. The largest absolute Gasteiger partial charge is 0.493 e. The van der Waals surface area contributed by atoms with Gasteiger partial charge in [-0.25, -0.2) is 0 Å². The molecule has 0 saturated carbocycles. The van der Waals surface area contributed by atoms with Crippen LogP contribution in [0.3, 0.4) is 0 Å². The summed E-state index contributed by atoms with van der Waals surface area (Å²) < 4.78 is 21.8. The molecule has 126 valence electrons. The second kappa shape index (κ2) is 5.91. The number of hydrogen-bond donors (Lipinski definition) is 0. The quantitative estimate of drug-likeness (QED) is 0.866. The summed E-state index contributed by atoms with van der Waals surface area (Å²) in [4.78, 5) is 2.35. The van der Waals surface area contributed by atoms with Crippen LogP contribution in [0.4, 0.5) is 0 Å². The van der Waals surface area contributed by atoms with E-state index in [1.807, 2.05) is 6.07 Å².